The van der Waals surface area contributed by atoms with E-state index in [0.29, 0.717) is 35.1 Å². The van der Waals surface area contributed by atoms with Gasteiger partial charge < -0.3 is 19.4 Å². The molecule has 3 aliphatic rings. The van der Waals surface area contributed by atoms with E-state index in [4.69, 9.17) is 4.74 Å². The molecule has 8 nitrogen and oxygen atoms in total. The number of amides is 1. The summed E-state index contributed by atoms with van der Waals surface area (Å²) in [5.41, 5.74) is 3.58. The number of nitrogens with zero attached hydrogens (tertiary/aromatic N) is 6. The molecule has 0 spiro atoms. The van der Waals surface area contributed by atoms with Gasteiger partial charge in [-0.1, -0.05) is 19.1 Å². The number of hydrogen-bond donors (Lipinski definition) is 0. The quantitative estimate of drug-likeness (QED) is 0.469. The summed E-state index contributed by atoms with van der Waals surface area (Å²) in [5, 5.41) is 1.52. The van der Waals surface area contributed by atoms with Crippen LogP contribution in [0.2, 0.25) is 0 Å². The van der Waals surface area contributed by atoms with Crippen LogP contribution in [0.1, 0.15) is 12.5 Å². The van der Waals surface area contributed by atoms with Gasteiger partial charge in [0, 0.05) is 50.2 Å². The van der Waals surface area contributed by atoms with Crippen molar-refractivity contribution in [3.63, 3.8) is 0 Å². The lowest BCUT2D eigenvalue weighted by Crippen LogP contribution is -2.46. The Morgan fingerprint density at radius 2 is 1.82 bits per heavy atom. The molecule has 0 aliphatic carbocycles. The van der Waals surface area contributed by atoms with Crippen molar-refractivity contribution in [3.05, 3.63) is 59.0 Å². The van der Waals surface area contributed by atoms with Crippen molar-refractivity contribution in [2.24, 2.45) is 4.99 Å². The number of fused-ring (bicyclic) bond motifs is 1. The second-order valence-electron chi connectivity index (χ2n) is 9.50. The maximum atomic E-state index is 15.3. The average molecular weight is 533 g/mol. The Morgan fingerprint density at radius 1 is 1.00 bits per heavy atom. The number of hydrogen-bond acceptors (Lipinski definition) is 8. The summed E-state index contributed by atoms with van der Waals surface area (Å²) in [6, 6.07) is 11.1. The molecule has 2 aromatic carbocycles. The highest BCUT2D eigenvalue weighted by atomic mass is 32.2. The summed E-state index contributed by atoms with van der Waals surface area (Å²) in [5.74, 6) is -0.489. The molecule has 0 bridgehead atoms. The number of likely N-dealkylation sites (N-methyl/N-ethyl adjacent to an activating group) is 1. The fraction of sp³-hybridized carbons (Fsp3) is 0.357. The molecule has 0 unspecified atom stereocenters. The first-order chi connectivity index (χ1) is 18.6. The van der Waals surface area contributed by atoms with Crippen molar-refractivity contribution in [3.8, 4) is 11.3 Å². The van der Waals surface area contributed by atoms with E-state index in [0.717, 1.165) is 67.4 Å². The van der Waals surface area contributed by atoms with Gasteiger partial charge >= 0.3 is 0 Å². The van der Waals surface area contributed by atoms with Crippen molar-refractivity contribution in [2.75, 3.05) is 63.9 Å². The van der Waals surface area contributed by atoms with Crippen molar-refractivity contribution >= 4 is 45.5 Å². The van der Waals surface area contributed by atoms with E-state index in [1.165, 1.54) is 18.1 Å². The number of halogens is 1. The van der Waals surface area contributed by atoms with Gasteiger partial charge in [0.15, 0.2) is 5.17 Å². The molecule has 3 aliphatic heterocycles. The van der Waals surface area contributed by atoms with Crippen molar-refractivity contribution in [1.29, 1.82) is 0 Å². The maximum Gasteiger partial charge on any atom is 0.286 e. The summed E-state index contributed by atoms with van der Waals surface area (Å²) in [6.45, 7) is 9.40. The number of anilines is 1. The molecule has 38 heavy (non-hydrogen) atoms. The van der Waals surface area contributed by atoms with Crippen LogP contribution >= 0.6 is 11.8 Å². The van der Waals surface area contributed by atoms with Crippen LogP contribution in [-0.2, 0) is 9.53 Å². The summed E-state index contributed by atoms with van der Waals surface area (Å²) in [4.78, 5) is 32.9. The summed E-state index contributed by atoms with van der Waals surface area (Å²) in [6.07, 6.45) is 3.35. The van der Waals surface area contributed by atoms with E-state index >= 15 is 4.39 Å². The largest absolute Gasteiger partial charge is 0.378 e. The van der Waals surface area contributed by atoms with Crippen LogP contribution in [0.4, 0.5) is 10.1 Å². The molecule has 2 fully saturated rings. The minimum atomic E-state index is -0.252. The Bertz CT molecular complexity index is 1430. The number of carbonyl (C=O) groups is 1. The van der Waals surface area contributed by atoms with Crippen molar-refractivity contribution in [1.82, 2.24) is 19.8 Å². The van der Waals surface area contributed by atoms with Crippen LogP contribution < -0.4 is 4.90 Å². The molecule has 6 rings (SSSR count). The number of amidine groups is 1. The van der Waals surface area contributed by atoms with E-state index < -0.39 is 0 Å². The zero-order valence-corrected chi connectivity index (χ0v) is 22.1. The smallest absolute Gasteiger partial charge is 0.286 e. The van der Waals surface area contributed by atoms with E-state index in [9.17, 15) is 4.79 Å². The van der Waals surface area contributed by atoms with Gasteiger partial charge in [-0.3, -0.25) is 4.79 Å². The number of thioether (sulfide) groups is 1. The zero-order chi connectivity index (χ0) is 26.1. The molecule has 1 aromatic heterocycles. The van der Waals surface area contributed by atoms with Gasteiger partial charge in [0.2, 0.25) is 0 Å². The molecule has 4 heterocycles. The van der Waals surface area contributed by atoms with Gasteiger partial charge in [0.25, 0.3) is 5.91 Å². The first-order valence-corrected chi connectivity index (χ1v) is 13.8. The number of aromatic nitrogens is 2. The number of rotatable bonds is 4. The summed E-state index contributed by atoms with van der Waals surface area (Å²) in [7, 11) is 0. The second-order valence-corrected chi connectivity index (χ2v) is 10.5. The molecule has 0 radical (unpaired) electrons. The van der Waals surface area contributed by atoms with Crippen molar-refractivity contribution < 1.29 is 13.9 Å². The SMILES string of the molecule is CCN1CCN(c2ccc(-c3ncnc4ccc(C=C5SC(N6CCOCC6)=NC5=O)cc34)cc2F)CC1. The molecular weight excluding hydrogens is 503 g/mol. The summed E-state index contributed by atoms with van der Waals surface area (Å²) >= 11 is 1.39. The van der Waals surface area contributed by atoms with Crippen LogP contribution in [0.5, 0.6) is 0 Å². The lowest BCUT2D eigenvalue weighted by Gasteiger charge is -2.35. The Morgan fingerprint density at radius 3 is 2.58 bits per heavy atom. The van der Waals surface area contributed by atoms with E-state index in [2.05, 4.69) is 36.6 Å². The maximum absolute atomic E-state index is 15.3. The molecule has 10 heteroatoms. The molecule has 196 valence electrons. The number of carbonyl (C=O) groups excluding carboxylic acids is 1. The van der Waals surface area contributed by atoms with Crippen LogP contribution in [0.3, 0.4) is 0 Å². The molecule has 2 saturated heterocycles. The van der Waals surface area contributed by atoms with Gasteiger partial charge in [-0.2, -0.15) is 4.99 Å². The highest BCUT2D eigenvalue weighted by molar-refractivity contribution is 8.18. The van der Waals surface area contributed by atoms with Crippen LogP contribution in [0, 0.1) is 5.82 Å². The monoisotopic (exact) mass is 532 g/mol. The minimum Gasteiger partial charge on any atom is -0.378 e. The van der Waals surface area contributed by atoms with Gasteiger partial charge in [0.1, 0.15) is 12.1 Å². The molecule has 0 N–H and O–H groups in total. The summed E-state index contributed by atoms with van der Waals surface area (Å²) < 4.78 is 20.7. The van der Waals surface area contributed by atoms with Gasteiger partial charge in [-0.15, -0.1) is 0 Å². The molecular formula is C28H29FN6O2S. The molecule has 3 aromatic rings. The highest BCUT2D eigenvalue weighted by Gasteiger charge is 2.27. The number of aliphatic imine (C=N–C) groups is 1. The highest BCUT2D eigenvalue weighted by Crippen LogP contribution is 2.33. The van der Waals surface area contributed by atoms with Gasteiger partial charge in [0.05, 0.1) is 35.0 Å². The lowest BCUT2D eigenvalue weighted by atomic mass is 10.0. The predicted molar refractivity (Wildman–Crippen MR) is 150 cm³/mol. The topological polar surface area (TPSA) is 74.2 Å². The average Bonchev–Trinajstić information content (AvgIpc) is 3.33. The fourth-order valence-corrected chi connectivity index (χ4v) is 6.01. The molecule has 0 atom stereocenters. The number of benzene rings is 2. The first kappa shape index (κ1) is 25.0. The van der Waals surface area contributed by atoms with E-state index in [-0.39, 0.29) is 11.7 Å². The third-order valence-electron chi connectivity index (χ3n) is 7.23. The Labute approximate surface area is 225 Å². The van der Waals surface area contributed by atoms with Gasteiger partial charge in [-0.05, 0) is 54.2 Å². The second kappa shape index (κ2) is 10.8. The van der Waals surface area contributed by atoms with Gasteiger partial charge in [-0.25, -0.2) is 14.4 Å². The van der Waals surface area contributed by atoms with Crippen LogP contribution in [0.15, 0.2) is 52.6 Å². The molecule has 1 amide bonds. The van der Waals surface area contributed by atoms with Crippen LogP contribution in [-0.4, -0.2) is 89.9 Å². The Hall–Kier alpha value is -3.34. The number of piperazine rings is 1. The van der Waals surface area contributed by atoms with E-state index in [1.54, 1.807) is 6.07 Å². The third kappa shape index (κ3) is 5.03. The predicted octanol–water partition coefficient (Wildman–Crippen LogP) is 3.88. The minimum absolute atomic E-state index is 0.237. The third-order valence-corrected chi connectivity index (χ3v) is 8.27. The Balaban J connectivity index is 1.27. The number of morpholine rings is 1. The first-order valence-electron chi connectivity index (χ1n) is 13.0. The normalized spacial score (nSPS) is 20.0. The van der Waals surface area contributed by atoms with Crippen molar-refractivity contribution in [2.45, 2.75) is 6.92 Å². The standard InChI is InChI=1S/C28H29FN6O2S/c1-2-33-7-9-34(10-8-33)24-6-4-20(17-22(24)29)26-21-15-19(3-5-23(21)30-18-31-26)16-25-27(36)32-28(38-25)35-11-13-37-14-12-35/h3-6,15-18H,2,7-14H2,1H3. The Kier molecular flexibility index (Phi) is 7.10. The molecule has 0 saturated carbocycles. The lowest BCUT2D eigenvalue weighted by molar-refractivity contribution is -0.113. The fourth-order valence-electron chi connectivity index (χ4n) is 5.05. The number of ether oxygens (including phenoxy) is 1. The zero-order valence-electron chi connectivity index (χ0n) is 21.3. The van der Waals surface area contributed by atoms with Crippen LogP contribution in [0.25, 0.3) is 28.2 Å². The van der Waals surface area contributed by atoms with E-state index in [1.807, 2.05) is 36.4 Å².